The van der Waals surface area contributed by atoms with Crippen LogP contribution < -0.4 is 4.72 Å². The van der Waals surface area contributed by atoms with Crippen LogP contribution >= 0.6 is 11.5 Å². The number of sulfonamides is 1. The molecule has 2 rings (SSSR count). The third kappa shape index (κ3) is 3.71. The van der Waals surface area contributed by atoms with Crippen LogP contribution in [0.1, 0.15) is 12.0 Å². The Morgan fingerprint density at radius 1 is 1.30 bits per heavy atom. The van der Waals surface area contributed by atoms with E-state index >= 15 is 0 Å². The first-order valence-corrected chi connectivity index (χ1v) is 7.71. The van der Waals surface area contributed by atoms with Crippen LogP contribution in [0.5, 0.6) is 0 Å². The molecule has 0 unspecified atom stereocenters. The highest BCUT2D eigenvalue weighted by Crippen LogP contribution is 2.16. The van der Waals surface area contributed by atoms with Gasteiger partial charge in [0.2, 0.25) is 5.13 Å². The number of aryl methyl sites for hydroxylation is 1. The van der Waals surface area contributed by atoms with Crippen LogP contribution in [0.25, 0.3) is 0 Å². The van der Waals surface area contributed by atoms with Crippen molar-refractivity contribution in [1.29, 1.82) is 0 Å². The fourth-order valence-corrected chi connectivity index (χ4v) is 3.02. The zero-order valence-electron chi connectivity index (χ0n) is 10.1. The summed E-state index contributed by atoms with van der Waals surface area (Å²) >= 11 is 0.831. The molecular weight excluding hydrogens is 304 g/mol. The summed E-state index contributed by atoms with van der Waals surface area (Å²) in [5.74, 6) is -0.896. The van der Waals surface area contributed by atoms with Gasteiger partial charge in [-0.05, 0) is 29.3 Å². The van der Waals surface area contributed by atoms with Crippen LogP contribution in [0.15, 0.2) is 29.2 Å². The van der Waals surface area contributed by atoms with Gasteiger partial charge in [0.25, 0.3) is 10.0 Å². The lowest BCUT2D eigenvalue weighted by atomic mass is 10.1. The summed E-state index contributed by atoms with van der Waals surface area (Å²) in [6.45, 7) is 0. The highest BCUT2D eigenvalue weighted by molar-refractivity contribution is 7.93. The van der Waals surface area contributed by atoms with Crippen molar-refractivity contribution in [3.05, 3.63) is 29.8 Å². The summed E-state index contributed by atoms with van der Waals surface area (Å²) in [5.41, 5.74) is 0.754. The highest BCUT2D eigenvalue weighted by atomic mass is 32.2. The van der Waals surface area contributed by atoms with Gasteiger partial charge in [0.1, 0.15) is 0 Å². The van der Waals surface area contributed by atoms with Gasteiger partial charge in [0.05, 0.1) is 4.90 Å². The molecular formula is C10H10N4O4S2. The molecule has 8 nitrogen and oxygen atoms in total. The predicted octanol–water partition coefficient (Wildman–Crippen LogP) is 0.751. The molecule has 20 heavy (non-hydrogen) atoms. The molecule has 0 spiro atoms. The fraction of sp³-hybridized carbons (Fsp3) is 0.200. The number of anilines is 1. The molecule has 106 valence electrons. The number of carboxylic acids is 1. The van der Waals surface area contributed by atoms with Crippen molar-refractivity contribution in [3.8, 4) is 0 Å². The fourth-order valence-electron chi connectivity index (χ4n) is 1.43. The molecule has 1 aromatic carbocycles. The number of rotatable bonds is 6. The topological polar surface area (TPSA) is 122 Å². The average molecular weight is 314 g/mol. The van der Waals surface area contributed by atoms with E-state index in [9.17, 15) is 13.2 Å². The number of carbonyl (C=O) groups is 1. The minimum absolute atomic E-state index is 0.000795. The first kappa shape index (κ1) is 14.3. The molecule has 2 aromatic rings. The summed E-state index contributed by atoms with van der Waals surface area (Å²) in [7, 11) is -3.73. The molecule has 0 aliphatic heterocycles. The SMILES string of the molecule is O=C(O)CCc1ccc(S(=O)(=O)Nc2nnns2)cc1. The van der Waals surface area contributed by atoms with Crippen molar-refractivity contribution >= 4 is 32.7 Å². The van der Waals surface area contributed by atoms with Crippen molar-refractivity contribution in [2.75, 3.05) is 4.72 Å². The van der Waals surface area contributed by atoms with Crippen molar-refractivity contribution in [1.82, 2.24) is 14.8 Å². The molecule has 0 bridgehead atoms. The monoisotopic (exact) mass is 314 g/mol. The second-order valence-corrected chi connectivity index (χ2v) is 6.23. The Morgan fingerprint density at radius 2 is 2.00 bits per heavy atom. The maximum Gasteiger partial charge on any atom is 0.303 e. The smallest absolute Gasteiger partial charge is 0.303 e. The molecule has 10 heteroatoms. The van der Waals surface area contributed by atoms with E-state index < -0.39 is 16.0 Å². The molecule has 0 saturated heterocycles. The number of hydrogen-bond donors (Lipinski definition) is 2. The van der Waals surface area contributed by atoms with Crippen molar-refractivity contribution < 1.29 is 18.3 Å². The van der Waals surface area contributed by atoms with E-state index in [1.165, 1.54) is 12.1 Å². The van der Waals surface area contributed by atoms with E-state index in [1.807, 2.05) is 0 Å². The largest absolute Gasteiger partial charge is 0.481 e. The predicted molar refractivity (Wildman–Crippen MR) is 70.9 cm³/mol. The lowest BCUT2D eigenvalue weighted by molar-refractivity contribution is -0.136. The molecule has 2 N–H and O–H groups in total. The molecule has 0 fully saturated rings. The Balaban J connectivity index is 2.10. The van der Waals surface area contributed by atoms with Gasteiger partial charge in [-0.3, -0.25) is 9.52 Å². The number of nitrogens with one attached hydrogen (secondary N) is 1. The van der Waals surface area contributed by atoms with Crippen LogP contribution in [0.2, 0.25) is 0 Å². The zero-order chi connectivity index (χ0) is 14.6. The van der Waals surface area contributed by atoms with E-state index in [0.717, 1.165) is 17.1 Å². The van der Waals surface area contributed by atoms with Gasteiger partial charge in [-0.25, -0.2) is 8.42 Å². The number of nitrogens with zero attached hydrogens (tertiary/aromatic N) is 3. The maximum absolute atomic E-state index is 12.0. The second-order valence-electron chi connectivity index (χ2n) is 3.81. The third-order valence-corrected chi connectivity index (χ3v) is 4.38. The van der Waals surface area contributed by atoms with Gasteiger partial charge in [-0.15, -0.1) is 0 Å². The van der Waals surface area contributed by atoms with Crippen molar-refractivity contribution in [2.24, 2.45) is 0 Å². The summed E-state index contributed by atoms with van der Waals surface area (Å²) in [6.07, 6.45) is 0.351. The molecule has 1 heterocycles. The average Bonchev–Trinajstić information content (AvgIpc) is 2.89. The molecule has 0 aliphatic rings. The lowest BCUT2D eigenvalue weighted by Crippen LogP contribution is -2.12. The number of hydrogen-bond acceptors (Lipinski definition) is 7. The Bertz CT molecular complexity index is 683. The van der Waals surface area contributed by atoms with E-state index in [0.29, 0.717) is 6.42 Å². The summed E-state index contributed by atoms with van der Waals surface area (Å²) in [4.78, 5) is 10.5. The van der Waals surface area contributed by atoms with Crippen LogP contribution in [-0.4, -0.2) is 34.3 Å². The highest BCUT2D eigenvalue weighted by Gasteiger charge is 2.16. The van der Waals surface area contributed by atoms with Gasteiger partial charge in [-0.1, -0.05) is 21.7 Å². The van der Waals surface area contributed by atoms with E-state index in [1.54, 1.807) is 12.1 Å². The normalized spacial score (nSPS) is 11.2. The van der Waals surface area contributed by atoms with Crippen LogP contribution in [0.3, 0.4) is 0 Å². The first-order chi connectivity index (χ1) is 9.47. The summed E-state index contributed by atoms with van der Waals surface area (Å²) < 4.78 is 29.7. The van der Waals surface area contributed by atoms with Gasteiger partial charge in [0, 0.05) is 18.0 Å². The van der Waals surface area contributed by atoms with E-state index in [2.05, 4.69) is 19.5 Å². The maximum atomic E-state index is 12.0. The Morgan fingerprint density at radius 3 is 2.55 bits per heavy atom. The molecule has 0 atom stereocenters. The number of aliphatic carboxylic acids is 1. The third-order valence-electron chi connectivity index (χ3n) is 2.38. The van der Waals surface area contributed by atoms with Crippen molar-refractivity contribution in [2.45, 2.75) is 17.7 Å². The van der Waals surface area contributed by atoms with Gasteiger partial charge in [0.15, 0.2) is 0 Å². The Kier molecular flexibility index (Phi) is 4.25. The quantitative estimate of drug-likeness (QED) is 0.806. The van der Waals surface area contributed by atoms with Crippen LogP contribution in [0.4, 0.5) is 5.13 Å². The standard InChI is InChI=1S/C10H10N4O4S2/c15-9(16)6-3-7-1-4-8(5-2-7)20(17,18)12-10-11-13-14-19-10/h1-2,4-5H,3,6H2,(H,15,16)(H,11,12,14). The van der Waals surface area contributed by atoms with E-state index in [4.69, 9.17) is 5.11 Å². The lowest BCUT2D eigenvalue weighted by Gasteiger charge is -2.05. The Labute approximate surface area is 118 Å². The minimum atomic E-state index is -3.73. The first-order valence-electron chi connectivity index (χ1n) is 5.46. The van der Waals surface area contributed by atoms with Gasteiger partial charge < -0.3 is 5.11 Å². The Hall–Kier alpha value is -2.07. The van der Waals surface area contributed by atoms with Gasteiger partial charge in [-0.2, -0.15) is 0 Å². The van der Waals surface area contributed by atoms with E-state index in [-0.39, 0.29) is 16.4 Å². The van der Waals surface area contributed by atoms with Crippen LogP contribution in [0, 0.1) is 0 Å². The molecule has 0 saturated carbocycles. The summed E-state index contributed by atoms with van der Waals surface area (Å²) in [5, 5.41) is 15.4. The number of carboxylic acid groups (broad SMARTS) is 1. The molecule has 0 amide bonds. The molecule has 1 aromatic heterocycles. The second kappa shape index (κ2) is 5.92. The zero-order valence-corrected chi connectivity index (χ0v) is 11.7. The molecule has 0 aliphatic carbocycles. The number of aromatic nitrogens is 3. The van der Waals surface area contributed by atoms with Crippen molar-refractivity contribution in [3.63, 3.8) is 0 Å². The molecule has 0 radical (unpaired) electrons. The summed E-state index contributed by atoms with van der Waals surface area (Å²) in [6, 6.07) is 5.98. The minimum Gasteiger partial charge on any atom is -0.481 e. The number of benzene rings is 1. The van der Waals surface area contributed by atoms with Crippen LogP contribution in [-0.2, 0) is 21.2 Å². The van der Waals surface area contributed by atoms with Gasteiger partial charge >= 0.3 is 5.97 Å².